The van der Waals surface area contributed by atoms with Crippen molar-refractivity contribution in [1.29, 1.82) is 0 Å². The fourth-order valence-electron chi connectivity index (χ4n) is 1.71. The van der Waals surface area contributed by atoms with E-state index in [-0.39, 0.29) is 18.1 Å². The third-order valence-corrected chi connectivity index (χ3v) is 3.48. The molecule has 0 bridgehead atoms. The first kappa shape index (κ1) is 16.5. The Morgan fingerprint density at radius 3 is 2.50 bits per heavy atom. The molecule has 0 radical (unpaired) electrons. The first-order valence-corrected chi connectivity index (χ1v) is 7.28. The van der Waals surface area contributed by atoms with E-state index in [4.69, 9.17) is 5.11 Å². The molecule has 5 nitrogen and oxygen atoms in total. The number of hydrogen-bond donors (Lipinski definition) is 3. The van der Waals surface area contributed by atoms with Crippen LogP contribution in [0.4, 0.5) is 0 Å². The molecular formula is C14H18BrNO4. The Bertz CT molecular complexity index is 476. The molecule has 110 valence electrons. The highest BCUT2D eigenvalue weighted by atomic mass is 79.9. The number of nitrogens with one attached hydrogen (secondary N) is 1. The van der Waals surface area contributed by atoms with Crippen LogP contribution in [0.5, 0.6) is 5.75 Å². The molecule has 0 saturated carbocycles. The van der Waals surface area contributed by atoms with Crippen molar-refractivity contribution in [2.75, 3.05) is 6.54 Å². The molecule has 3 N–H and O–H groups in total. The van der Waals surface area contributed by atoms with Gasteiger partial charge in [-0.05, 0) is 47.0 Å². The summed E-state index contributed by atoms with van der Waals surface area (Å²) < 4.78 is 0.549. The number of unbranched alkanes of at least 4 members (excludes halogenated alkanes) is 3. The smallest absolute Gasteiger partial charge is 0.303 e. The lowest BCUT2D eigenvalue weighted by Gasteiger charge is -2.06. The van der Waals surface area contributed by atoms with Crippen LogP contribution in [0.15, 0.2) is 22.7 Å². The standard InChI is InChI=1S/C14H18BrNO4/c15-11-7-6-10(9-12(11)17)14(20)16-8-4-2-1-3-5-13(18)19/h6-7,9,17H,1-5,8H2,(H,16,20)(H,18,19). The molecule has 20 heavy (non-hydrogen) atoms. The van der Waals surface area contributed by atoms with Crippen LogP contribution in [0.1, 0.15) is 42.5 Å². The largest absolute Gasteiger partial charge is 0.507 e. The molecule has 0 aliphatic heterocycles. The van der Waals surface area contributed by atoms with E-state index < -0.39 is 5.97 Å². The molecule has 0 aliphatic rings. The zero-order valence-corrected chi connectivity index (χ0v) is 12.6. The SMILES string of the molecule is O=C(O)CCCCCCNC(=O)c1ccc(Br)c(O)c1. The minimum atomic E-state index is -0.770. The molecule has 1 aromatic rings. The summed E-state index contributed by atoms with van der Waals surface area (Å²) in [5.74, 6) is -0.960. The Balaban J connectivity index is 2.20. The van der Waals surface area contributed by atoms with Crippen molar-refractivity contribution in [1.82, 2.24) is 5.32 Å². The predicted molar refractivity (Wildman–Crippen MR) is 78.9 cm³/mol. The Kier molecular flexibility index (Phi) is 7.08. The topological polar surface area (TPSA) is 86.6 Å². The summed E-state index contributed by atoms with van der Waals surface area (Å²) in [4.78, 5) is 22.1. The Morgan fingerprint density at radius 2 is 1.85 bits per heavy atom. The first-order valence-electron chi connectivity index (χ1n) is 6.49. The van der Waals surface area contributed by atoms with Crippen LogP contribution >= 0.6 is 15.9 Å². The molecule has 1 rings (SSSR count). The number of amides is 1. The van der Waals surface area contributed by atoms with Crippen LogP contribution in [-0.2, 0) is 4.79 Å². The van der Waals surface area contributed by atoms with Crippen LogP contribution in [0, 0.1) is 0 Å². The summed E-state index contributed by atoms with van der Waals surface area (Å²) in [5.41, 5.74) is 0.413. The summed E-state index contributed by atoms with van der Waals surface area (Å²) in [7, 11) is 0. The number of halogens is 1. The number of hydrogen-bond acceptors (Lipinski definition) is 3. The second kappa shape index (κ2) is 8.58. The molecule has 1 amide bonds. The number of phenolic OH excluding ortho intramolecular Hbond substituents is 1. The minimum Gasteiger partial charge on any atom is -0.507 e. The van der Waals surface area contributed by atoms with Gasteiger partial charge >= 0.3 is 5.97 Å². The highest BCUT2D eigenvalue weighted by Gasteiger charge is 2.07. The van der Waals surface area contributed by atoms with Gasteiger partial charge in [0.2, 0.25) is 0 Å². The Morgan fingerprint density at radius 1 is 1.15 bits per heavy atom. The first-order chi connectivity index (χ1) is 9.50. The van der Waals surface area contributed by atoms with Gasteiger partial charge < -0.3 is 15.5 Å². The summed E-state index contributed by atoms with van der Waals surface area (Å²) in [5, 5.41) is 20.7. The molecule has 0 fully saturated rings. The van der Waals surface area contributed by atoms with Crippen molar-refractivity contribution in [3.05, 3.63) is 28.2 Å². The monoisotopic (exact) mass is 343 g/mol. The lowest BCUT2D eigenvalue weighted by atomic mass is 10.1. The van der Waals surface area contributed by atoms with Gasteiger partial charge in [0.25, 0.3) is 5.91 Å². The van der Waals surface area contributed by atoms with Gasteiger partial charge in [-0.1, -0.05) is 12.8 Å². The van der Waals surface area contributed by atoms with Gasteiger partial charge in [0.15, 0.2) is 0 Å². The second-order valence-corrected chi connectivity index (χ2v) is 5.33. The Hall–Kier alpha value is -1.56. The van der Waals surface area contributed by atoms with Crippen molar-refractivity contribution in [2.24, 2.45) is 0 Å². The number of carboxylic acid groups (broad SMARTS) is 1. The van der Waals surface area contributed by atoms with E-state index in [1.54, 1.807) is 12.1 Å². The molecule has 0 saturated heterocycles. The number of aliphatic carboxylic acids is 1. The van der Waals surface area contributed by atoms with E-state index in [0.717, 1.165) is 19.3 Å². The van der Waals surface area contributed by atoms with Gasteiger partial charge in [0.05, 0.1) is 4.47 Å². The van der Waals surface area contributed by atoms with Crippen LogP contribution < -0.4 is 5.32 Å². The fraction of sp³-hybridized carbons (Fsp3) is 0.429. The van der Waals surface area contributed by atoms with E-state index in [1.165, 1.54) is 6.07 Å². The van der Waals surface area contributed by atoms with Crippen molar-refractivity contribution in [2.45, 2.75) is 32.1 Å². The van der Waals surface area contributed by atoms with E-state index >= 15 is 0 Å². The zero-order valence-electron chi connectivity index (χ0n) is 11.1. The number of carboxylic acids is 1. The third kappa shape index (κ3) is 6.06. The fourth-order valence-corrected chi connectivity index (χ4v) is 1.96. The van der Waals surface area contributed by atoms with E-state index in [0.29, 0.717) is 23.0 Å². The highest BCUT2D eigenvalue weighted by Crippen LogP contribution is 2.24. The van der Waals surface area contributed by atoms with E-state index in [2.05, 4.69) is 21.2 Å². The molecule has 0 spiro atoms. The maximum atomic E-state index is 11.8. The molecule has 0 unspecified atom stereocenters. The van der Waals surface area contributed by atoms with Crippen molar-refractivity contribution in [3.8, 4) is 5.75 Å². The summed E-state index contributed by atoms with van der Waals surface area (Å²) in [6, 6.07) is 4.66. The van der Waals surface area contributed by atoms with Gasteiger partial charge in [-0.25, -0.2) is 0 Å². The second-order valence-electron chi connectivity index (χ2n) is 4.48. The van der Waals surface area contributed by atoms with Gasteiger partial charge in [0, 0.05) is 18.5 Å². The summed E-state index contributed by atoms with van der Waals surface area (Å²) >= 11 is 3.15. The number of aromatic hydroxyl groups is 1. The van der Waals surface area contributed by atoms with Gasteiger partial charge in [-0.2, -0.15) is 0 Å². The maximum Gasteiger partial charge on any atom is 0.303 e. The number of carbonyl (C=O) groups excluding carboxylic acids is 1. The normalized spacial score (nSPS) is 10.2. The molecule has 0 heterocycles. The average Bonchev–Trinajstić information content (AvgIpc) is 2.40. The Labute approximate surface area is 126 Å². The number of carbonyl (C=O) groups is 2. The highest BCUT2D eigenvalue weighted by molar-refractivity contribution is 9.10. The molecule has 6 heteroatoms. The predicted octanol–water partition coefficient (Wildman–Crippen LogP) is 2.92. The lowest BCUT2D eigenvalue weighted by Crippen LogP contribution is -2.24. The molecular weight excluding hydrogens is 326 g/mol. The van der Waals surface area contributed by atoms with Gasteiger partial charge in [-0.15, -0.1) is 0 Å². The summed E-state index contributed by atoms with van der Waals surface area (Å²) in [6.07, 6.45) is 3.42. The quantitative estimate of drug-likeness (QED) is 0.633. The van der Waals surface area contributed by atoms with Crippen LogP contribution in [0.25, 0.3) is 0 Å². The number of rotatable bonds is 8. The zero-order chi connectivity index (χ0) is 15.0. The van der Waals surface area contributed by atoms with Crippen LogP contribution in [0.3, 0.4) is 0 Å². The van der Waals surface area contributed by atoms with Crippen LogP contribution in [0.2, 0.25) is 0 Å². The molecule has 0 aliphatic carbocycles. The van der Waals surface area contributed by atoms with E-state index in [9.17, 15) is 14.7 Å². The number of phenols is 1. The average molecular weight is 344 g/mol. The lowest BCUT2D eigenvalue weighted by molar-refractivity contribution is -0.137. The van der Waals surface area contributed by atoms with Crippen molar-refractivity contribution in [3.63, 3.8) is 0 Å². The van der Waals surface area contributed by atoms with E-state index in [1.807, 2.05) is 0 Å². The minimum absolute atomic E-state index is 0.0336. The maximum absolute atomic E-state index is 11.8. The summed E-state index contributed by atoms with van der Waals surface area (Å²) in [6.45, 7) is 0.544. The molecule has 1 aromatic carbocycles. The third-order valence-electron chi connectivity index (χ3n) is 2.81. The van der Waals surface area contributed by atoms with Crippen molar-refractivity contribution >= 4 is 27.8 Å². The number of benzene rings is 1. The molecule has 0 aromatic heterocycles. The van der Waals surface area contributed by atoms with Crippen molar-refractivity contribution < 1.29 is 19.8 Å². The van der Waals surface area contributed by atoms with Crippen LogP contribution in [-0.4, -0.2) is 28.6 Å². The van der Waals surface area contributed by atoms with Gasteiger partial charge in [0.1, 0.15) is 5.75 Å². The van der Waals surface area contributed by atoms with Gasteiger partial charge in [-0.3, -0.25) is 9.59 Å². The molecule has 0 atom stereocenters.